The number of hydrogen-bond donors (Lipinski definition) is 0. The molecule has 0 heterocycles. The predicted octanol–water partition coefficient (Wildman–Crippen LogP) is 5.62. The summed E-state index contributed by atoms with van der Waals surface area (Å²) in [6.07, 6.45) is 15.6. The molecule has 0 atom stereocenters. The van der Waals surface area contributed by atoms with Crippen LogP contribution in [0, 0.1) is 23.7 Å². The molecule has 2 aliphatic rings. The van der Waals surface area contributed by atoms with Crippen LogP contribution in [0.4, 0.5) is 0 Å². The standard InChI is InChI=1S/C21H38O2/c1-3-5-15-23-17-19-8-12-21(13-9-19)20-10-6-18(7-11-20)16-22-14-4-2/h4,18-21H,2-3,5-17H2,1H3/t18?,19-,20?,21-. The Balaban J connectivity index is 1.56. The molecule has 0 aliphatic heterocycles. The van der Waals surface area contributed by atoms with Crippen molar-refractivity contribution < 1.29 is 9.47 Å². The normalized spacial score (nSPS) is 31.9. The van der Waals surface area contributed by atoms with Gasteiger partial charge in [0.2, 0.25) is 0 Å². The Labute approximate surface area is 144 Å². The molecule has 0 amide bonds. The first-order valence-electron chi connectivity index (χ1n) is 10.1. The molecule has 0 aromatic carbocycles. The maximum absolute atomic E-state index is 5.83. The van der Waals surface area contributed by atoms with Crippen molar-refractivity contribution in [2.75, 3.05) is 26.4 Å². The van der Waals surface area contributed by atoms with Gasteiger partial charge in [-0.3, -0.25) is 0 Å². The highest BCUT2D eigenvalue weighted by Gasteiger charge is 2.30. The zero-order valence-corrected chi connectivity index (χ0v) is 15.3. The van der Waals surface area contributed by atoms with Crippen LogP contribution in [0.2, 0.25) is 0 Å². The highest BCUT2D eigenvalue weighted by Crippen LogP contribution is 2.41. The SMILES string of the molecule is C=CCOCC1CCC([C@H]2CC[C@H](COCCCC)CC2)CC1. The lowest BCUT2D eigenvalue weighted by Crippen LogP contribution is -2.28. The molecule has 23 heavy (non-hydrogen) atoms. The molecular formula is C21H38O2. The fourth-order valence-corrected chi connectivity index (χ4v) is 4.47. The highest BCUT2D eigenvalue weighted by molar-refractivity contribution is 4.82. The topological polar surface area (TPSA) is 18.5 Å². The van der Waals surface area contributed by atoms with Gasteiger partial charge in [0.25, 0.3) is 0 Å². The van der Waals surface area contributed by atoms with Crippen LogP contribution in [0.15, 0.2) is 12.7 Å². The molecule has 0 radical (unpaired) electrons. The molecule has 2 fully saturated rings. The molecule has 0 spiro atoms. The predicted molar refractivity (Wildman–Crippen MR) is 97.6 cm³/mol. The maximum Gasteiger partial charge on any atom is 0.0644 e. The van der Waals surface area contributed by atoms with E-state index in [1.54, 1.807) is 0 Å². The summed E-state index contributed by atoms with van der Waals surface area (Å²) in [6, 6.07) is 0. The Morgan fingerprint density at radius 1 is 0.826 bits per heavy atom. The van der Waals surface area contributed by atoms with E-state index in [1.165, 1.54) is 64.2 Å². The van der Waals surface area contributed by atoms with E-state index < -0.39 is 0 Å². The van der Waals surface area contributed by atoms with Gasteiger partial charge in [0.1, 0.15) is 0 Å². The second kappa shape index (κ2) is 11.3. The fourth-order valence-electron chi connectivity index (χ4n) is 4.47. The molecular weight excluding hydrogens is 284 g/mol. The maximum atomic E-state index is 5.83. The average Bonchev–Trinajstić information content (AvgIpc) is 2.60. The Morgan fingerprint density at radius 3 is 1.83 bits per heavy atom. The summed E-state index contributed by atoms with van der Waals surface area (Å²) in [5.41, 5.74) is 0. The average molecular weight is 323 g/mol. The molecule has 2 rings (SSSR count). The van der Waals surface area contributed by atoms with Crippen LogP contribution < -0.4 is 0 Å². The van der Waals surface area contributed by atoms with Crippen LogP contribution in [-0.4, -0.2) is 26.4 Å². The van der Waals surface area contributed by atoms with Gasteiger partial charge in [-0.2, -0.15) is 0 Å². The van der Waals surface area contributed by atoms with Crippen LogP contribution in [0.5, 0.6) is 0 Å². The van der Waals surface area contributed by atoms with E-state index in [2.05, 4.69) is 13.5 Å². The number of hydrogen-bond acceptors (Lipinski definition) is 2. The second-order valence-corrected chi connectivity index (χ2v) is 7.82. The summed E-state index contributed by atoms with van der Waals surface area (Å²) in [7, 11) is 0. The fraction of sp³-hybridized carbons (Fsp3) is 0.905. The van der Waals surface area contributed by atoms with Crippen molar-refractivity contribution in [2.24, 2.45) is 23.7 Å². The zero-order chi connectivity index (χ0) is 16.3. The van der Waals surface area contributed by atoms with Gasteiger partial charge in [0, 0.05) is 19.8 Å². The Hall–Kier alpha value is -0.340. The highest BCUT2D eigenvalue weighted by atomic mass is 16.5. The van der Waals surface area contributed by atoms with Crippen LogP contribution in [0.1, 0.15) is 71.1 Å². The second-order valence-electron chi connectivity index (χ2n) is 7.82. The molecule has 0 aromatic rings. The third kappa shape index (κ3) is 6.97. The van der Waals surface area contributed by atoms with Crippen molar-refractivity contribution in [3.8, 4) is 0 Å². The summed E-state index contributed by atoms with van der Waals surface area (Å²) in [5.74, 6) is 3.63. The summed E-state index contributed by atoms with van der Waals surface area (Å²) in [6.45, 7) is 9.59. The van der Waals surface area contributed by atoms with Crippen LogP contribution in [0.25, 0.3) is 0 Å². The van der Waals surface area contributed by atoms with E-state index in [9.17, 15) is 0 Å². The molecule has 134 valence electrons. The van der Waals surface area contributed by atoms with Crippen molar-refractivity contribution in [3.63, 3.8) is 0 Å². The van der Waals surface area contributed by atoms with Crippen molar-refractivity contribution in [1.82, 2.24) is 0 Å². The molecule has 0 N–H and O–H groups in total. The van der Waals surface area contributed by atoms with Gasteiger partial charge in [0.15, 0.2) is 0 Å². The molecule has 0 unspecified atom stereocenters. The summed E-state index contributed by atoms with van der Waals surface area (Å²) < 4.78 is 11.5. The van der Waals surface area contributed by atoms with Crippen molar-refractivity contribution in [2.45, 2.75) is 71.1 Å². The first-order chi connectivity index (χ1) is 11.3. The summed E-state index contributed by atoms with van der Waals surface area (Å²) in [4.78, 5) is 0. The lowest BCUT2D eigenvalue weighted by molar-refractivity contribution is 0.0549. The lowest BCUT2D eigenvalue weighted by atomic mass is 9.69. The molecule has 0 saturated heterocycles. The Kier molecular flexibility index (Phi) is 9.29. The third-order valence-electron chi connectivity index (χ3n) is 6.03. The van der Waals surface area contributed by atoms with Crippen LogP contribution in [-0.2, 0) is 9.47 Å². The molecule has 0 aromatic heterocycles. The first-order valence-corrected chi connectivity index (χ1v) is 10.1. The van der Waals surface area contributed by atoms with E-state index in [4.69, 9.17) is 9.47 Å². The molecule has 2 nitrogen and oxygen atoms in total. The largest absolute Gasteiger partial charge is 0.381 e. The minimum atomic E-state index is 0.713. The minimum absolute atomic E-state index is 0.713. The van der Waals surface area contributed by atoms with Gasteiger partial charge in [-0.05, 0) is 81.5 Å². The summed E-state index contributed by atoms with van der Waals surface area (Å²) in [5, 5.41) is 0. The van der Waals surface area contributed by atoms with Crippen LogP contribution >= 0.6 is 0 Å². The third-order valence-corrected chi connectivity index (χ3v) is 6.03. The van der Waals surface area contributed by atoms with Gasteiger partial charge < -0.3 is 9.47 Å². The monoisotopic (exact) mass is 322 g/mol. The molecule has 2 heteroatoms. The van der Waals surface area contributed by atoms with Gasteiger partial charge >= 0.3 is 0 Å². The van der Waals surface area contributed by atoms with Gasteiger partial charge in [0.05, 0.1) is 6.61 Å². The number of ether oxygens (including phenoxy) is 2. The van der Waals surface area contributed by atoms with Crippen molar-refractivity contribution >= 4 is 0 Å². The molecule has 2 saturated carbocycles. The van der Waals surface area contributed by atoms with E-state index in [0.717, 1.165) is 43.5 Å². The smallest absolute Gasteiger partial charge is 0.0644 e. The van der Waals surface area contributed by atoms with Crippen molar-refractivity contribution in [3.05, 3.63) is 12.7 Å². The number of unbranched alkanes of at least 4 members (excludes halogenated alkanes) is 1. The Bertz CT molecular complexity index is 299. The minimum Gasteiger partial charge on any atom is -0.381 e. The zero-order valence-electron chi connectivity index (χ0n) is 15.3. The van der Waals surface area contributed by atoms with Gasteiger partial charge in [-0.15, -0.1) is 6.58 Å². The van der Waals surface area contributed by atoms with Crippen LogP contribution in [0.3, 0.4) is 0 Å². The summed E-state index contributed by atoms with van der Waals surface area (Å²) >= 11 is 0. The van der Waals surface area contributed by atoms with E-state index in [-0.39, 0.29) is 0 Å². The van der Waals surface area contributed by atoms with E-state index >= 15 is 0 Å². The molecule has 2 aliphatic carbocycles. The quantitative estimate of drug-likeness (QED) is 0.384. The van der Waals surface area contributed by atoms with Crippen molar-refractivity contribution in [1.29, 1.82) is 0 Å². The van der Waals surface area contributed by atoms with E-state index in [1.807, 2.05) is 6.08 Å². The number of rotatable bonds is 10. The van der Waals surface area contributed by atoms with E-state index in [0.29, 0.717) is 6.61 Å². The Morgan fingerprint density at radius 2 is 1.35 bits per heavy atom. The first kappa shape index (κ1) is 19.0. The van der Waals surface area contributed by atoms with Gasteiger partial charge in [-0.25, -0.2) is 0 Å². The van der Waals surface area contributed by atoms with Gasteiger partial charge in [-0.1, -0.05) is 19.4 Å². The molecule has 0 bridgehead atoms. The lowest BCUT2D eigenvalue weighted by Gasteiger charge is -2.37.